The lowest BCUT2D eigenvalue weighted by Crippen LogP contribution is -2.10. The van der Waals surface area contributed by atoms with Crippen LogP contribution < -0.4 is 10.5 Å². The molecular weight excluding hydrogens is 218 g/mol. The largest absolute Gasteiger partial charge is 0.491 e. The van der Waals surface area contributed by atoms with Gasteiger partial charge in [-0.2, -0.15) is 0 Å². The molecule has 3 heteroatoms. The van der Waals surface area contributed by atoms with E-state index < -0.39 is 0 Å². The van der Waals surface area contributed by atoms with Gasteiger partial charge in [-0.25, -0.2) is 0 Å². The molecule has 0 spiro atoms. The van der Waals surface area contributed by atoms with Crippen molar-refractivity contribution in [1.29, 1.82) is 0 Å². The van der Waals surface area contributed by atoms with Gasteiger partial charge in [0.15, 0.2) is 0 Å². The van der Waals surface area contributed by atoms with E-state index in [0.717, 1.165) is 15.8 Å². The molecule has 0 saturated carbocycles. The third-order valence-electron chi connectivity index (χ3n) is 2.11. The van der Waals surface area contributed by atoms with Crippen molar-refractivity contribution < 1.29 is 4.74 Å². The number of hydrogen-bond donors (Lipinski definition) is 1. The van der Waals surface area contributed by atoms with Gasteiger partial charge in [-0.15, -0.1) is 0 Å². The van der Waals surface area contributed by atoms with Gasteiger partial charge in [0.05, 0.1) is 6.04 Å². The number of hydrogen-bond acceptors (Lipinski definition) is 2. The molecule has 1 aromatic carbocycles. The van der Waals surface area contributed by atoms with Crippen molar-refractivity contribution in [3.8, 4) is 5.75 Å². The molecule has 1 unspecified atom stereocenters. The van der Waals surface area contributed by atoms with Crippen molar-refractivity contribution in [2.75, 3.05) is 6.61 Å². The Morgan fingerprint density at radius 3 is 3.08 bits per heavy atom. The van der Waals surface area contributed by atoms with Crippen molar-refractivity contribution in [1.82, 2.24) is 0 Å². The fourth-order valence-corrected chi connectivity index (χ4v) is 1.69. The molecule has 2 nitrogen and oxygen atoms in total. The average molecular weight is 228 g/mol. The standard InChI is InChI=1S/C9H10BrNO/c1-5-2-6-8(11)4-12-9(6)3-7(5)10/h2-3,8H,4,11H2,1H3. The predicted molar refractivity (Wildman–Crippen MR) is 51.3 cm³/mol. The number of nitrogens with two attached hydrogens (primary N) is 1. The third kappa shape index (κ3) is 1.13. The fraction of sp³-hybridized carbons (Fsp3) is 0.333. The van der Waals surface area contributed by atoms with E-state index in [-0.39, 0.29) is 6.04 Å². The van der Waals surface area contributed by atoms with Crippen LogP contribution in [0.3, 0.4) is 0 Å². The summed E-state index contributed by atoms with van der Waals surface area (Å²) in [5, 5.41) is 0. The second kappa shape index (κ2) is 2.75. The van der Waals surface area contributed by atoms with Crippen LogP contribution in [0.2, 0.25) is 0 Å². The van der Waals surface area contributed by atoms with Gasteiger partial charge in [0.1, 0.15) is 12.4 Å². The van der Waals surface area contributed by atoms with Gasteiger partial charge in [0.25, 0.3) is 0 Å². The monoisotopic (exact) mass is 227 g/mol. The van der Waals surface area contributed by atoms with E-state index in [4.69, 9.17) is 10.5 Å². The number of ether oxygens (including phenoxy) is 1. The summed E-state index contributed by atoms with van der Waals surface area (Å²) in [7, 11) is 0. The van der Waals surface area contributed by atoms with E-state index in [9.17, 15) is 0 Å². The highest BCUT2D eigenvalue weighted by molar-refractivity contribution is 9.10. The number of halogens is 1. The van der Waals surface area contributed by atoms with Crippen LogP contribution in [-0.4, -0.2) is 6.61 Å². The van der Waals surface area contributed by atoms with E-state index in [1.807, 2.05) is 6.07 Å². The molecule has 0 aromatic heterocycles. The van der Waals surface area contributed by atoms with Gasteiger partial charge >= 0.3 is 0 Å². The topological polar surface area (TPSA) is 35.2 Å². The summed E-state index contributed by atoms with van der Waals surface area (Å²) in [5.74, 6) is 0.917. The van der Waals surface area contributed by atoms with Gasteiger partial charge in [0.2, 0.25) is 0 Å². The zero-order valence-corrected chi connectivity index (χ0v) is 8.39. The molecule has 0 aliphatic carbocycles. The van der Waals surface area contributed by atoms with E-state index in [2.05, 4.69) is 28.9 Å². The van der Waals surface area contributed by atoms with E-state index in [0.29, 0.717) is 6.61 Å². The van der Waals surface area contributed by atoms with Crippen LogP contribution in [0.5, 0.6) is 5.75 Å². The summed E-state index contributed by atoms with van der Waals surface area (Å²) in [6, 6.07) is 4.11. The summed E-state index contributed by atoms with van der Waals surface area (Å²) in [4.78, 5) is 0. The highest BCUT2D eigenvalue weighted by atomic mass is 79.9. The SMILES string of the molecule is Cc1cc2c(cc1Br)OCC2N. The first-order valence-corrected chi connectivity index (χ1v) is 4.66. The first kappa shape index (κ1) is 8.08. The molecule has 1 heterocycles. The van der Waals surface area contributed by atoms with Gasteiger partial charge < -0.3 is 10.5 Å². The molecule has 1 aliphatic heterocycles. The molecule has 64 valence electrons. The van der Waals surface area contributed by atoms with E-state index in [1.54, 1.807) is 0 Å². The summed E-state index contributed by atoms with van der Waals surface area (Å²) in [5.41, 5.74) is 8.15. The second-order valence-electron chi connectivity index (χ2n) is 3.06. The lowest BCUT2D eigenvalue weighted by Gasteiger charge is -2.03. The minimum Gasteiger partial charge on any atom is -0.491 e. The number of fused-ring (bicyclic) bond motifs is 1. The highest BCUT2D eigenvalue weighted by Crippen LogP contribution is 2.34. The smallest absolute Gasteiger partial charge is 0.125 e. The van der Waals surface area contributed by atoms with Gasteiger partial charge in [-0.1, -0.05) is 15.9 Å². The Kier molecular flexibility index (Phi) is 1.85. The maximum Gasteiger partial charge on any atom is 0.125 e. The van der Waals surface area contributed by atoms with Crippen molar-refractivity contribution in [2.45, 2.75) is 13.0 Å². The maximum absolute atomic E-state index is 5.83. The number of benzene rings is 1. The Morgan fingerprint density at radius 2 is 2.33 bits per heavy atom. The Bertz CT molecular complexity index is 325. The lowest BCUT2D eigenvalue weighted by atomic mass is 10.1. The fourth-order valence-electron chi connectivity index (χ4n) is 1.37. The van der Waals surface area contributed by atoms with E-state index in [1.165, 1.54) is 5.56 Å². The molecule has 12 heavy (non-hydrogen) atoms. The van der Waals surface area contributed by atoms with Crippen LogP contribution in [-0.2, 0) is 0 Å². The molecule has 1 aromatic rings. The molecular formula is C9H10BrNO. The molecule has 0 radical (unpaired) electrons. The highest BCUT2D eigenvalue weighted by Gasteiger charge is 2.21. The number of aryl methyl sites for hydroxylation is 1. The predicted octanol–water partition coefficient (Wildman–Crippen LogP) is 2.15. The van der Waals surface area contributed by atoms with Gasteiger partial charge in [0, 0.05) is 10.0 Å². The molecule has 2 rings (SSSR count). The van der Waals surface area contributed by atoms with Crippen molar-refractivity contribution in [3.05, 3.63) is 27.7 Å². The molecule has 1 aliphatic rings. The quantitative estimate of drug-likeness (QED) is 0.738. The Morgan fingerprint density at radius 1 is 1.58 bits per heavy atom. The maximum atomic E-state index is 5.83. The molecule has 0 saturated heterocycles. The van der Waals surface area contributed by atoms with Crippen LogP contribution in [0.4, 0.5) is 0 Å². The van der Waals surface area contributed by atoms with Crippen molar-refractivity contribution in [3.63, 3.8) is 0 Å². The summed E-state index contributed by atoms with van der Waals surface area (Å²) < 4.78 is 6.47. The summed E-state index contributed by atoms with van der Waals surface area (Å²) in [6.45, 7) is 2.65. The minimum absolute atomic E-state index is 0.0480. The second-order valence-corrected chi connectivity index (χ2v) is 3.91. The van der Waals surface area contributed by atoms with Crippen LogP contribution in [0.1, 0.15) is 17.2 Å². The Balaban J connectivity index is 2.56. The van der Waals surface area contributed by atoms with Crippen molar-refractivity contribution >= 4 is 15.9 Å². The first-order chi connectivity index (χ1) is 5.68. The van der Waals surface area contributed by atoms with Crippen molar-refractivity contribution in [2.24, 2.45) is 5.73 Å². The van der Waals surface area contributed by atoms with Crippen LogP contribution in [0.15, 0.2) is 16.6 Å². The number of rotatable bonds is 0. The third-order valence-corrected chi connectivity index (χ3v) is 2.96. The molecule has 1 atom stereocenters. The van der Waals surface area contributed by atoms with Crippen LogP contribution in [0, 0.1) is 6.92 Å². The molecule has 0 bridgehead atoms. The summed E-state index contributed by atoms with van der Waals surface area (Å²) in [6.07, 6.45) is 0. The zero-order chi connectivity index (χ0) is 8.72. The molecule has 2 N–H and O–H groups in total. The zero-order valence-electron chi connectivity index (χ0n) is 6.80. The van der Waals surface area contributed by atoms with Crippen LogP contribution >= 0.6 is 15.9 Å². The lowest BCUT2D eigenvalue weighted by molar-refractivity contribution is 0.333. The van der Waals surface area contributed by atoms with Gasteiger partial charge in [-0.3, -0.25) is 0 Å². The normalized spacial score (nSPS) is 20.4. The minimum atomic E-state index is 0.0480. The van der Waals surface area contributed by atoms with Gasteiger partial charge in [-0.05, 0) is 24.6 Å². The molecule has 0 fully saturated rings. The summed E-state index contributed by atoms with van der Waals surface area (Å²) >= 11 is 3.45. The molecule has 0 amide bonds. The Labute approximate surface area is 79.8 Å². The average Bonchev–Trinajstić information content (AvgIpc) is 2.35. The first-order valence-electron chi connectivity index (χ1n) is 3.87. The van der Waals surface area contributed by atoms with E-state index >= 15 is 0 Å². The van der Waals surface area contributed by atoms with Crippen LogP contribution in [0.25, 0.3) is 0 Å². The Hall–Kier alpha value is -0.540.